The predicted octanol–water partition coefficient (Wildman–Crippen LogP) is 7.21. The van der Waals surface area contributed by atoms with Crippen LogP contribution in [0, 0.1) is 18.3 Å². The SMILES string of the molecule is Cc1ncc(-c2ccc(OCC3CC3)cn2)c(N2CCC3(CCCC3)CC2)c1[C@H](OC(C)(C)C)C(=O)OC(C)C. The van der Waals surface area contributed by atoms with Gasteiger partial charge in [-0.15, -0.1) is 0 Å². The Labute approximate surface area is 240 Å². The first-order valence-corrected chi connectivity index (χ1v) is 15.3. The molecule has 40 heavy (non-hydrogen) atoms. The number of aromatic nitrogens is 2. The van der Waals surface area contributed by atoms with Gasteiger partial charge < -0.3 is 19.1 Å². The molecule has 2 aromatic rings. The average Bonchev–Trinajstić information content (AvgIpc) is 3.63. The zero-order valence-electron chi connectivity index (χ0n) is 25.3. The molecule has 0 amide bonds. The molecule has 3 aliphatic rings. The fraction of sp³-hybridized carbons (Fsp3) is 0.667. The van der Waals surface area contributed by atoms with Crippen molar-refractivity contribution in [3.63, 3.8) is 0 Å². The fourth-order valence-corrected chi connectivity index (χ4v) is 6.28. The summed E-state index contributed by atoms with van der Waals surface area (Å²) in [6.07, 6.45) is 12.7. The molecule has 1 aliphatic heterocycles. The van der Waals surface area contributed by atoms with Gasteiger partial charge in [0.2, 0.25) is 0 Å². The molecular weight excluding hydrogens is 502 g/mol. The lowest BCUT2D eigenvalue weighted by atomic mass is 9.76. The van der Waals surface area contributed by atoms with Crippen LogP contribution in [0.4, 0.5) is 5.69 Å². The summed E-state index contributed by atoms with van der Waals surface area (Å²) in [5, 5.41) is 0. The Hall–Kier alpha value is -2.67. The van der Waals surface area contributed by atoms with Gasteiger partial charge in [0.1, 0.15) is 5.75 Å². The van der Waals surface area contributed by atoms with Crippen molar-refractivity contribution in [3.05, 3.63) is 35.8 Å². The van der Waals surface area contributed by atoms with Crippen LogP contribution in [0.1, 0.15) is 103 Å². The van der Waals surface area contributed by atoms with Crippen molar-refractivity contribution in [2.45, 2.75) is 111 Å². The molecule has 1 atom stereocenters. The van der Waals surface area contributed by atoms with Gasteiger partial charge in [0.05, 0.1) is 35.9 Å². The van der Waals surface area contributed by atoms with Gasteiger partial charge in [-0.3, -0.25) is 9.97 Å². The number of carbonyl (C=O) groups excluding carboxylic acids is 1. The van der Waals surface area contributed by atoms with Crippen molar-refractivity contribution < 1.29 is 19.0 Å². The van der Waals surface area contributed by atoms with Crippen molar-refractivity contribution in [1.82, 2.24) is 9.97 Å². The van der Waals surface area contributed by atoms with E-state index in [1.807, 2.05) is 59.9 Å². The highest BCUT2D eigenvalue weighted by atomic mass is 16.6. The summed E-state index contributed by atoms with van der Waals surface area (Å²) < 4.78 is 18.2. The van der Waals surface area contributed by atoms with Crippen molar-refractivity contribution in [2.24, 2.45) is 11.3 Å². The largest absolute Gasteiger partial charge is 0.492 e. The summed E-state index contributed by atoms with van der Waals surface area (Å²) in [6, 6.07) is 4.00. The first kappa shape index (κ1) is 28.8. The maximum atomic E-state index is 13.6. The molecule has 1 spiro atoms. The topological polar surface area (TPSA) is 73.8 Å². The van der Waals surface area contributed by atoms with E-state index in [2.05, 4.69) is 4.90 Å². The van der Waals surface area contributed by atoms with Crippen LogP contribution in [0.5, 0.6) is 5.75 Å². The number of aryl methyl sites for hydroxylation is 1. The average molecular weight is 550 g/mol. The van der Waals surface area contributed by atoms with Gasteiger partial charge in [-0.05, 0) is 104 Å². The van der Waals surface area contributed by atoms with Gasteiger partial charge in [-0.1, -0.05) is 12.8 Å². The van der Waals surface area contributed by atoms with E-state index in [1.54, 1.807) is 6.20 Å². The summed E-state index contributed by atoms with van der Waals surface area (Å²) in [4.78, 5) is 25.7. The highest BCUT2D eigenvalue weighted by molar-refractivity contribution is 5.86. The lowest BCUT2D eigenvalue weighted by molar-refractivity contribution is -0.171. The van der Waals surface area contributed by atoms with Crippen LogP contribution in [0.2, 0.25) is 0 Å². The minimum atomic E-state index is -0.895. The zero-order valence-corrected chi connectivity index (χ0v) is 25.3. The highest BCUT2D eigenvalue weighted by Gasteiger charge is 2.40. The lowest BCUT2D eigenvalue weighted by Crippen LogP contribution is -2.40. The molecule has 0 N–H and O–H groups in total. The summed E-state index contributed by atoms with van der Waals surface area (Å²) in [5.74, 6) is 1.09. The number of ether oxygens (including phenoxy) is 3. The molecule has 2 saturated carbocycles. The molecule has 1 saturated heterocycles. The molecular formula is C33H47N3O4. The monoisotopic (exact) mass is 549 g/mol. The third kappa shape index (κ3) is 6.79. The van der Waals surface area contributed by atoms with Crippen LogP contribution in [0.3, 0.4) is 0 Å². The Kier molecular flexibility index (Phi) is 8.42. The number of pyridine rings is 2. The minimum absolute atomic E-state index is 0.250. The second-order valence-electron chi connectivity index (χ2n) is 13.4. The van der Waals surface area contributed by atoms with Gasteiger partial charge in [0.25, 0.3) is 0 Å². The Morgan fingerprint density at radius 2 is 1.75 bits per heavy atom. The number of esters is 1. The standard InChI is InChI=1S/C33H47N3O4/c1-22(2)39-31(37)30(40-32(4,5)6)28-23(3)34-20-26(27-12-11-25(19-35-27)38-21-24-9-10-24)29(28)36-17-15-33(16-18-36)13-7-8-14-33/h11-12,19-20,22,24,30H,7-10,13-18,21H2,1-6H3/t30-/m0/s1. The number of nitrogens with zero attached hydrogens (tertiary/aromatic N) is 3. The number of anilines is 1. The molecule has 7 nitrogen and oxygen atoms in total. The van der Waals surface area contributed by atoms with Crippen LogP contribution < -0.4 is 9.64 Å². The molecule has 7 heteroatoms. The van der Waals surface area contributed by atoms with Gasteiger partial charge in [0, 0.05) is 36.1 Å². The van der Waals surface area contributed by atoms with Crippen LogP contribution in [0.15, 0.2) is 24.5 Å². The van der Waals surface area contributed by atoms with Crippen molar-refractivity contribution >= 4 is 11.7 Å². The maximum absolute atomic E-state index is 13.6. The van der Waals surface area contributed by atoms with Crippen molar-refractivity contribution in [1.29, 1.82) is 0 Å². The predicted molar refractivity (Wildman–Crippen MR) is 158 cm³/mol. The maximum Gasteiger partial charge on any atom is 0.340 e. The first-order valence-electron chi connectivity index (χ1n) is 15.3. The Morgan fingerprint density at radius 1 is 1.05 bits per heavy atom. The number of hydrogen-bond donors (Lipinski definition) is 0. The van der Waals surface area contributed by atoms with Gasteiger partial charge in [0.15, 0.2) is 6.10 Å². The molecule has 0 radical (unpaired) electrons. The molecule has 0 unspecified atom stereocenters. The lowest BCUT2D eigenvalue weighted by Gasteiger charge is -2.42. The number of piperidine rings is 1. The molecule has 0 aromatic carbocycles. The van der Waals surface area contributed by atoms with E-state index in [0.29, 0.717) is 11.3 Å². The Morgan fingerprint density at radius 3 is 2.33 bits per heavy atom. The zero-order chi connectivity index (χ0) is 28.5. The fourth-order valence-electron chi connectivity index (χ4n) is 6.28. The molecule has 0 bridgehead atoms. The van der Waals surface area contributed by atoms with E-state index < -0.39 is 11.7 Å². The van der Waals surface area contributed by atoms with Crippen molar-refractivity contribution in [2.75, 3.05) is 24.6 Å². The summed E-state index contributed by atoms with van der Waals surface area (Å²) in [6.45, 7) is 14.3. The number of rotatable bonds is 9. The third-order valence-corrected chi connectivity index (χ3v) is 8.59. The number of carbonyl (C=O) groups is 1. The van der Waals surface area contributed by atoms with E-state index in [1.165, 1.54) is 38.5 Å². The van der Waals surface area contributed by atoms with Crippen LogP contribution in [-0.2, 0) is 14.3 Å². The quantitative estimate of drug-likeness (QED) is 0.306. The smallest absolute Gasteiger partial charge is 0.340 e. The summed E-state index contributed by atoms with van der Waals surface area (Å²) >= 11 is 0. The van der Waals surface area contributed by atoms with E-state index in [-0.39, 0.29) is 12.1 Å². The van der Waals surface area contributed by atoms with E-state index in [9.17, 15) is 4.79 Å². The van der Waals surface area contributed by atoms with E-state index in [4.69, 9.17) is 24.2 Å². The molecule has 2 aromatic heterocycles. The Bertz CT molecular complexity index is 1170. The molecule has 3 heterocycles. The second-order valence-corrected chi connectivity index (χ2v) is 13.4. The van der Waals surface area contributed by atoms with Crippen molar-refractivity contribution in [3.8, 4) is 17.0 Å². The van der Waals surface area contributed by atoms with Gasteiger partial charge in [-0.25, -0.2) is 4.79 Å². The van der Waals surface area contributed by atoms with Gasteiger partial charge in [-0.2, -0.15) is 0 Å². The number of hydrogen-bond acceptors (Lipinski definition) is 7. The molecule has 5 rings (SSSR count). The highest BCUT2D eigenvalue weighted by Crippen LogP contribution is 2.49. The van der Waals surface area contributed by atoms with Crippen LogP contribution in [-0.4, -0.2) is 47.3 Å². The van der Waals surface area contributed by atoms with Gasteiger partial charge >= 0.3 is 5.97 Å². The normalized spacial score (nSPS) is 19.7. The Balaban J connectivity index is 1.56. The first-order chi connectivity index (χ1) is 19.0. The molecule has 218 valence electrons. The summed E-state index contributed by atoms with van der Waals surface area (Å²) in [7, 11) is 0. The minimum Gasteiger partial charge on any atom is -0.492 e. The molecule has 3 fully saturated rings. The van der Waals surface area contributed by atoms with E-state index in [0.717, 1.165) is 66.5 Å². The van der Waals surface area contributed by atoms with Crippen LogP contribution in [0.25, 0.3) is 11.3 Å². The van der Waals surface area contributed by atoms with E-state index >= 15 is 0 Å². The summed E-state index contributed by atoms with van der Waals surface area (Å²) in [5.41, 5.74) is 4.20. The third-order valence-electron chi connectivity index (χ3n) is 8.59. The molecule has 2 aliphatic carbocycles. The second kappa shape index (κ2) is 11.7. The van der Waals surface area contributed by atoms with Crippen LogP contribution >= 0.6 is 0 Å².